The van der Waals surface area contributed by atoms with Crippen molar-refractivity contribution in [3.05, 3.63) is 29.8 Å². The summed E-state index contributed by atoms with van der Waals surface area (Å²) in [4.78, 5) is 2.22. The molecule has 0 heterocycles. The van der Waals surface area contributed by atoms with Crippen molar-refractivity contribution in [2.24, 2.45) is 11.7 Å². The molecule has 21 heavy (non-hydrogen) atoms. The van der Waals surface area contributed by atoms with Gasteiger partial charge in [0.1, 0.15) is 5.75 Å². The highest BCUT2D eigenvalue weighted by Crippen LogP contribution is 2.30. The highest BCUT2D eigenvalue weighted by molar-refractivity contribution is 5.36. The predicted octanol–water partition coefficient (Wildman–Crippen LogP) is 3.66. The van der Waals surface area contributed by atoms with Gasteiger partial charge in [-0.25, -0.2) is 0 Å². The molecule has 2 unspecified atom stereocenters. The van der Waals surface area contributed by atoms with E-state index in [-0.39, 0.29) is 11.8 Å². The lowest BCUT2D eigenvalue weighted by Gasteiger charge is -2.33. The Labute approximate surface area is 126 Å². The average molecular weight is 300 g/mol. The minimum Gasteiger partial charge on any atom is -0.434 e. The second-order valence-electron chi connectivity index (χ2n) is 5.27. The summed E-state index contributed by atoms with van der Waals surface area (Å²) in [6.07, 6.45) is 1.07. The van der Waals surface area contributed by atoms with Gasteiger partial charge in [-0.15, -0.1) is 0 Å². The van der Waals surface area contributed by atoms with Gasteiger partial charge in [0.2, 0.25) is 0 Å². The first-order valence-electron chi connectivity index (χ1n) is 7.51. The van der Waals surface area contributed by atoms with Crippen LogP contribution < -0.4 is 10.5 Å². The Morgan fingerprint density at radius 2 is 1.90 bits per heavy atom. The molecular formula is C16H26F2N2O. The van der Waals surface area contributed by atoms with Crippen molar-refractivity contribution in [2.45, 2.75) is 39.8 Å². The average Bonchev–Trinajstić information content (AvgIpc) is 2.47. The fourth-order valence-corrected chi connectivity index (χ4v) is 2.44. The Balaban J connectivity index is 3.02. The van der Waals surface area contributed by atoms with Crippen LogP contribution in [0.3, 0.4) is 0 Å². The molecule has 0 aliphatic heterocycles. The third kappa shape index (κ3) is 5.25. The standard InChI is InChI=1S/C16H26F2N2O/c1-4-12(3)11-20(5-2)14(10-19)13-8-6-7-9-15(13)21-16(17)18/h6-9,12,14,16H,4-5,10-11,19H2,1-3H3. The van der Waals surface area contributed by atoms with Crippen LogP contribution in [0.5, 0.6) is 5.75 Å². The molecule has 0 amide bonds. The number of hydrogen-bond donors (Lipinski definition) is 1. The number of para-hydroxylation sites is 1. The predicted molar refractivity (Wildman–Crippen MR) is 81.6 cm³/mol. The molecule has 1 aromatic carbocycles. The summed E-state index contributed by atoms with van der Waals surface area (Å²) in [6, 6.07) is 6.79. The van der Waals surface area contributed by atoms with E-state index in [0.29, 0.717) is 12.5 Å². The molecule has 0 aliphatic rings. The van der Waals surface area contributed by atoms with E-state index in [4.69, 9.17) is 5.73 Å². The number of rotatable bonds is 9. The number of alkyl halides is 2. The molecule has 2 atom stereocenters. The highest BCUT2D eigenvalue weighted by atomic mass is 19.3. The maximum Gasteiger partial charge on any atom is 0.387 e. The Morgan fingerprint density at radius 1 is 1.24 bits per heavy atom. The van der Waals surface area contributed by atoms with E-state index in [2.05, 4.69) is 30.4 Å². The number of nitrogens with two attached hydrogens (primary N) is 1. The Hall–Kier alpha value is -1.20. The zero-order chi connectivity index (χ0) is 15.8. The molecule has 0 spiro atoms. The van der Waals surface area contributed by atoms with Crippen LogP contribution in [0.4, 0.5) is 8.78 Å². The van der Waals surface area contributed by atoms with Crippen molar-refractivity contribution in [3.8, 4) is 5.75 Å². The van der Waals surface area contributed by atoms with Gasteiger partial charge >= 0.3 is 6.61 Å². The van der Waals surface area contributed by atoms with Gasteiger partial charge in [-0.1, -0.05) is 45.4 Å². The molecule has 0 saturated carbocycles. The van der Waals surface area contributed by atoms with Gasteiger partial charge < -0.3 is 10.5 Å². The smallest absolute Gasteiger partial charge is 0.387 e. The molecule has 0 radical (unpaired) electrons. The van der Waals surface area contributed by atoms with E-state index < -0.39 is 6.61 Å². The zero-order valence-corrected chi connectivity index (χ0v) is 13.1. The second-order valence-corrected chi connectivity index (χ2v) is 5.27. The molecule has 1 aromatic rings. The lowest BCUT2D eigenvalue weighted by Crippen LogP contribution is -2.36. The Morgan fingerprint density at radius 3 is 2.43 bits per heavy atom. The first-order valence-corrected chi connectivity index (χ1v) is 7.51. The molecular weight excluding hydrogens is 274 g/mol. The molecule has 0 aliphatic carbocycles. The van der Waals surface area contributed by atoms with E-state index in [0.717, 1.165) is 25.1 Å². The largest absolute Gasteiger partial charge is 0.434 e. The van der Waals surface area contributed by atoms with Crippen LogP contribution in [0.1, 0.15) is 38.8 Å². The maximum atomic E-state index is 12.5. The zero-order valence-electron chi connectivity index (χ0n) is 13.1. The fraction of sp³-hybridized carbons (Fsp3) is 0.625. The van der Waals surface area contributed by atoms with Crippen LogP contribution in [0.25, 0.3) is 0 Å². The number of likely N-dealkylation sites (N-methyl/N-ethyl adjacent to an activating group) is 1. The van der Waals surface area contributed by atoms with Gasteiger partial charge in [-0.3, -0.25) is 4.90 Å². The van der Waals surface area contributed by atoms with Crippen LogP contribution in [0.2, 0.25) is 0 Å². The van der Waals surface area contributed by atoms with Crippen LogP contribution >= 0.6 is 0 Å². The van der Waals surface area contributed by atoms with Crippen molar-refractivity contribution < 1.29 is 13.5 Å². The van der Waals surface area contributed by atoms with Gasteiger partial charge in [-0.05, 0) is 18.5 Å². The molecule has 0 saturated heterocycles. The van der Waals surface area contributed by atoms with Gasteiger partial charge in [0.05, 0.1) is 6.04 Å². The van der Waals surface area contributed by atoms with Crippen LogP contribution in [-0.2, 0) is 0 Å². The summed E-state index contributed by atoms with van der Waals surface area (Å²) < 4.78 is 29.7. The second kappa shape index (κ2) is 8.95. The lowest BCUT2D eigenvalue weighted by molar-refractivity contribution is -0.0512. The topological polar surface area (TPSA) is 38.5 Å². The van der Waals surface area contributed by atoms with Gasteiger partial charge in [0, 0.05) is 18.7 Å². The monoisotopic (exact) mass is 300 g/mol. The molecule has 2 N–H and O–H groups in total. The van der Waals surface area contributed by atoms with Crippen molar-refractivity contribution in [1.82, 2.24) is 4.90 Å². The molecule has 0 fully saturated rings. The molecule has 3 nitrogen and oxygen atoms in total. The summed E-state index contributed by atoms with van der Waals surface area (Å²) in [5.41, 5.74) is 6.64. The van der Waals surface area contributed by atoms with E-state index in [1.165, 1.54) is 0 Å². The highest BCUT2D eigenvalue weighted by Gasteiger charge is 2.23. The molecule has 5 heteroatoms. The van der Waals surface area contributed by atoms with Crippen molar-refractivity contribution in [1.29, 1.82) is 0 Å². The van der Waals surface area contributed by atoms with Gasteiger partial charge in [0.25, 0.3) is 0 Å². The molecule has 1 rings (SSSR count). The summed E-state index contributed by atoms with van der Waals surface area (Å²) >= 11 is 0. The van der Waals surface area contributed by atoms with E-state index in [1.807, 2.05) is 12.1 Å². The van der Waals surface area contributed by atoms with Crippen molar-refractivity contribution in [3.63, 3.8) is 0 Å². The summed E-state index contributed by atoms with van der Waals surface area (Å²) in [5, 5.41) is 0. The fourth-order valence-electron chi connectivity index (χ4n) is 2.44. The number of benzene rings is 1. The van der Waals surface area contributed by atoms with E-state index in [9.17, 15) is 8.78 Å². The summed E-state index contributed by atoms with van der Waals surface area (Å²) in [7, 11) is 0. The number of ether oxygens (including phenoxy) is 1. The molecule has 120 valence electrons. The van der Waals surface area contributed by atoms with Crippen LogP contribution in [0.15, 0.2) is 24.3 Å². The number of hydrogen-bond acceptors (Lipinski definition) is 3. The quantitative estimate of drug-likeness (QED) is 0.756. The Bertz CT molecular complexity index is 415. The Kier molecular flexibility index (Phi) is 7.61. The summed E-state index contributed by atoms with van der Waals surface area (Å²) in [5.74, 6) is 0.743. The minimum atomic E-state index is -2.82. The third-order valence-electron chi connectivity index (χ3n) is 3.81. The maximum absolute atomic E-state index is 12.5. The first-order chi connectivity index (χ1) is 10.0. The van der Waals surface area contributed by atoms with E-state index >= 15 is 0 Å². The normalized spacial score (nSPS) is 14.5. The summed E-state index contributed by atoms with van der Waals surface area (Å²) in [6.45, 7) is 5.62. The third-order valence-corrected chi connectivity index (χ3v) is 3.81. The minimum absolute atomic E-state index is 0.112. The van der Waals surface area contributed by atoms with Crippen molar-refractivity contribution in [2.75, 3.05) is 19.6 Å². The SMILES string of the molecule is CCC(C)CN(CC)C(CN)c1ccccc1OC(F)F. The van der Waals surface area contributed by atoms with Crippen LogP contribution in [-0.4, -0.2) is 31.1 Å². The first kappa shape index (κ1) is 17.9. The van der Waals surface area contributed by atoms with Gasteiger partial charge in [-0.2, -0.15) is 8.78 Å². The van der Waals surface area contributed by atoms with Gasteiger partial charge in [0.15, 0.2) is 0 Å². The van der Waals surface area contributed by atoms with Crippen molar-refractivity contribution >= 4 is 0 Å². The molecule has 0 bridgehead atoms. The number of nitrogens with zero attached hydrogens (tertiary/aromatic N) is 1. The van der Waals surface area contributed by atoms with E-state index in [1.54, 1.807) is 12.1 Å². The molecule has 0 aromatic heterocycles. The lowest BCUT2D eigenvalue weighted by atomic mass is 10.0. The van der Waals surface area contributed by atoms with Crippen LogP contribution in [0, 0.1) is 5.92 Å². The number of halogens is 2.